The first-order chi connectivity index (χ1) is 13.2. The van der Waals surface area contributed by atoms with Crippen LogP contribution in [0.2, 0.25) is 0 Å². The van der Waals surface area contributed by atoms with E-state index in [-0.39, 0.29) is 6.04 Å². The number of piperidine rings is 1. The summed E-state index contributed by atoms with van der Waals surface area (Å²) in [7, 11) is 1.65. The summed E-state index contributed by atoms with van der Waals surface area (Å²) in [6.07, 6.45) is 2.58. The largest absolute Gasteiger partial charge is 0.496 e. The average Bonchev–Trinajstić information content (AvgIpc) is 3.12. The van der Waals surface area contributed by atoms with Crippen LogP contribution in [0.25, 0.3) is 10.2 Å². The van der Waals surface area contributed by atoms with Gasteiger partial charge in [0.15, 0.2) is 0 Å². The minimum atomic E-state index is -0.768. The molecule has 0 amide bonds. The van der Waals surface area contributed by atoms with E-state index >= 15 is 0 Å². The standard InChI is InChI=1S/C21H22N2O3S/c1-26-17-11-4-2-8-14(17)19(23-13-7-6-10-16(23)21(24)25)20-22-15-9-3-5-12-18(15)27-20/h2-5,8-9,11-12,16,19H,6-7,10,13H2,1H3,(H,24,25). The first-order valence-corrected chi connectivity index (χ1v) is 9.97. The van der Waals surface area contributed by atoms with E-state index in [0.717, 1.165) is 45.9 Å². The van der Waals surface area contributed by atoms with Gasteiger partial charge in [-0.2, -0.15) is 0 Å². The fraction of sp³-hybridized carbons (Fsp3) is 0.333. The van der Waals surface area contributed by atoms with Crippen LogP contribution in [0.5, 0.6) is 5.75 Å². The third-order valence-electron chi connectivity index (χ3n) is 5.14. The molecule has 1 aromatic heterocycles. The number of carboxylic acid groups (broad SMARTS) is 1. The van der Waals surface area contributed by atoms with Gasteiger partial charge in [0.2, 0.25) is 0 Å². The molecule has 2 aromatic carbocycles. The molecule has 1 saturated heterocycles. The number of fused-ring (bicyclic) bond motifs is 1. The van der Waals surface area contributed by atoms with E-state index in [1.165, 1.54) is 0 Å². The van der Waals surface area contributed by atoms with Crippen LogP contribution in [0, 0.1) is 0 Å². The van der Waals surface area contributed by atoms with Gasteiger partial charge in [-0.05, 0) is 31.0 Å². The Hall–Kier alpha value is -2.44. The zero-order valence-electron chi connectivity index (χ0n) is 15.2. The number of benzene rings is 2. The molecule has 0 aliphatic carbocycles. The van der Waals surface area contributed by atoms with Gasteiger partial charge in [0.25, 0.3) is 0 Å². The SMILES string of the molecule is COc1ccccc1C(c1nc2ccccc2s1)N1CCCCC1C(=O)O. The molecule has 0 bridgehead atoms. The fourth-order valence-corrected chi connectivity index (χ4v) is 4.99. The van der Waals surface area contributed by atoms with E-state index in [1.54, 1.807) is 18.4 Å². The van der Waals surface area contributed by atoms with Crippen LogP contribution in [0.1, 0.15) is 35.9 Å². The molecule has 2 unspecified atom stereocenters. The summed E-state index contributed by atoms with van der Waals surface area (Å²) in [4.78, 5) is 18.9. The molecular weight excluding hydrogens is 360 g/mol. The van der Waals surface area contributed by atoms with Crippen molar-refractivity contribution in [3.05, 3.63) is 59.1 Å². The van der Waals surface area contributed by atoms with Crippen molar-refractivity contribution in [1.29, 1.82) is 0 Å². The summed E-state index contributed by atoms with van der Waals surface area (Å²) >= 11 is 1.63. The fourth-order valence-electron chi connectivity index (χ4n) is 3.88. The number of hydrogen-bond acceptors (Lipinski definition) is 5. The van der Waals surface area contributed by atoms with Crippen molar-refractivity contribution in [1.82, 2.24) is 9.88 Å². The maximum atomic E-state index is 12.0. The lowest BCUT2D eigenvalue weighted by Gasteiger charge is -2.38. The van der Waals surface area contributed by atoms with Gasteiger partial charge < -0.3 is 9.84 Å². The van der Waals surface area contributed by atoms with Crippen LogP contribution >= 0.6 is 11.3 Å². The van der Waals surface area contributed by atoms with E-state index in [2.05, 4.69) is 11.0 Å². The number of hydrogen-bond donors (Lipinski definition) is 1. The number of carbonyl (C=O) groups is 1. The molecule has 5 nitrogen and oxygen atoms in total. The third-order valence-corrected chi connectivity index (χ3v) is 6.23. The van der Waals surface area contributed by atoms with E-state index in [9.17, 15) is 9.90 Å². The maximum absolute atomic E-state index is 12.0. The highest BCUT2D eigenvalue weighted by molar-refractivity contribution is 7.18. The molecule has 1 aliphatic heterocycles. The van der Waals surface area contributed by atoms with Crippen molar-refractivity contribution < 1.29 is 14.6 Å². The van der Waals surface area contributed by atoms with E-state index in [1.807, 2.05) is 42.5 Å². The Morgan fingerprint density at radius 3 is 2.78 bits per heavy atom. The summed E-state index contributed by atoms with van der Waals surface area (Å²) in [6.45, 7) is 0.732. The second-order valence-corrected chi connectivity index (χ2v) is 7.81. The molecular formula is C21H22N2O3S. The van der Waals surface area contributed by atoms with Gasteiger partial charge in [-0.25, -0.2) is 4.98 Å². The molecule has 6 heteroatoms. The maximum Gasteiger partial charge on any atom is 0.320 e. The van der Waals surface area contributed by atoms with Gasteiger partial charge in [-0.3, -0.25) is 9.69 Å². The predicted octanol–water partition coefficient (Wildman–Crippen LogP) is 4.33. The summed E-state index contributed by atoms with van der Waals surface area (Å²) < 4.78 is 6.72. The number of para-hydroxylation sites is 2. The van der Waals surface area contributed by atoms with E-state index in [4.69, 9.17) is 9.72 Å². The Balaban J connectivity index is 1.87. The number of thiazole rings is 1. The van der Waals surface area contributed by atoms with Crippen molar-refractivity contribution >= 4 is 27.5 Å². The van der Waals surface area contributed by atoms with Crippen molar-refractivity contribution in [2.45, 2.75) is 31.3 Å². The van der Waals surface area contributed by atoms with Crippen LogP contribution in [0.15, 0.2) is 48.5 Å². The van der Waals surface area contributed by atoms with Crippen molar-refractivity contribution in [3.8, 4) is 5.75 Å². The highest BCUT2D eigenvalue weighted by Crippen LogP contribution is 2.40. The monoisotopic (exact) mass is 382 g/mol. The number of aromatic nitrogens is 1. The lowest BCUT2D eigenvalue weighted by Crippen LogP contribution is -2.46. The van der Waals surface area contributed by atoms with E-state index in [0.29, 0.717) is 6.42 Å². The number of carboxylic acids is 1. The number of likely N-dealkylation sites (tertiary alicyclic amines) is 1. The Morgan fingerprint density at radius 2 is 2.00 bits per heavy atom. The smallest absolute Gasteiger partial charge is 0.320 e. The Kier molecular flexibility index (Phi) is 5.09. The highest BCUT2D eigenvalue weighted by atomic mass is 32.1. The van der Waals surface area contributed by atoms with Crippen LogP contribution in [0.4, 0.5) is 0 Å². The van der Waals surface area contributed by atoms with Gasteiger partial charge in [-0.1, -0.05) is 36.8 Å². The van der Waals surface area contributed by atoms with E-state index < -0.39 is 12.0 Å². The number of ether oxygens (including phenoxy) is 1. The molecule has 27 heavy (non-hydrogen) atoms. The molecule has 3 aromatic rings. The molecule has 1 aliphatic rings. The molecule has 2 atom stereocenters. The lowest BCUT2D eigenvalue weighted by molar-refractivity contribution is -0.145. The Bertz CT molecular complexity index is 922. The van der Waals surface area contributed by atoms with Crippen LogP contribution in [-0.2, 0) is 4.79 Å². The van der Waals surface area contributed by atoms with Crippen LogP contribution in [0.3, 0.4) is 0 Å². The first-order valence-electron chi connectivity index (χ1n) is 9.16. The average molecular weight is 382 g/mol. The molecule has 1 N–H and O–H groups in total. The van der Waals surface area contributed by atoms with Crippen molar-refractivity contribution in [3.63, 3.8) is 0 Å². The topological polar surface area (TPSA) is 62.7 Å². The van der Waals surface area contributed by atoms with Gasteiger partial charge in [0, 0.05) is 12.1 Å². The van der Waals surface area contributed by atoms with Crippen molar-refractivity contribution in [2.24, 2.45) is 0 Å². The molecule has 0 saturated carbocycles. The molecule has 4 rings (SSSR count). The Morgan fingerprint density at radius 1 is 1.22 bits per heavy atom. The van der Waals surface area contributed by atoms with Crippen LogP contribution in [-0.4, -0.2) is 40.7 Å². The summed E-state index contributed by atoms with van der Waals surface area (Å²) in [5.74, 6) is -0.00724. The normalized spacial score (nSPS) is 19.1. The van der Waals surface area contributed by atoms with Crippen LogP contribution < -0.4 is 4.74 Å². The molecule has 0 radical (unpaired) electrons. The summed E-state index contributed by atoms with van der Waals surface area (Å²) in [5, 5.41) is 10.7. The lowest BCUT2D eigenvalue weighted by atomic mass is 9.96. The van der Waals surface area contributed by atoms with Gasteiger partial charge in [-0.15, -0.1) is 11.3 Å². The summed E-state index contributed by atoms with van der Waals surface area (Å²) in [5.41, 5.74) is 1.91. The van der Waals surface area contributed by atoms with Crippen molar-refractivity contribution in [2.75, 3.05) is 13.7 Å². The zero-order chi connectivity index (χ0) is 18.8. The molecule has 0 spiro atoms. The molecule has 1 fully saturated rings. The van der Waals surface area contributed by atoms with Gasteiger partial charge in [0.1, 0.15) is 16.8 Å². The highest BCUT2D eigenvalue weighted by Gasteiger charge is 2.37. The minimum absolute atomic E-state index is 0.236. The minimum Gasteiger partial charge on any atom is -0.496 e. The summed E-state index contributed by atoms with van der Waals surface area (Å²) in [6, 6.07) is 15.1. The number of nitrogens with zero attached hydrogens (tertiary/aromatic N) is 2. The molecule has 140 valence electrons. The number of aliphatic carboxylic acids is 1. The second-order valence-electron chi connectivity index (χ2n) is 6.75. The molecule has 2 heterocycles. The Labute approximate surface area is 162 Å². The van der Waals surface area contributed by atoms with Gasteiger partial charge >= 0.3 is 5.97 Å². The quantitative estimate of drug-likeness (QED) is 0.711. The number of methoxy groups -OCH3 is 1. The first kappa shape index (κ1) is 17.9. The number of rotatable bonds is 5. The van der Waals surface area contributed by atoms with Gasteiger partial charge in [0.05, 0.1) is 23.4 Å². The second kappa shape index (κ2) is 7.66. The third kappa shape index (κ3) is 3.42. The zero-order valence-corrected chi connectivity index (χ0v) is 16.0. The predicted molar refractivity (Wildman–Crippen MR) is 106 cm³/mol.